The lowest BCUT2D eigenvalue weighted by Gasteiger charge is -2.26. The molecule has 1 aliphatic rings. The molecule has 2 atom stereocenters. The minimum Gasteiger partial charge on any atom is -0.323 e. The van der Waals surface area contributed by atoms with Crippen LogP contribution in [0.15, 0.2) is 6.20 Å². The molecule has 0 bridgehead atoms. The van der Waals surface area contributed by atoms with Crippen LogP contribution in [0.25, 0.3) is 0 Å². The van der Waals surface area contributed by atoms with Crippen molar-refractivity contribution in [3.05, 3.63) is 16.1 Å². The highest BCUT2D eigenvalue weighted by Gasteiger charge is 2.30. The van der Waals surface area contributed by atoms with Crippen molar-refractivity contribution in [1.82, 2.24) is 9.88 Å². The summed E-state index contributed by atoms with van der Waals surface area (Å²) in [6.07, 6.45) is 4.47. The predicted molar refractivity (Wildman–Crippen MR) is 68.5 cm³/mol. The second kappa shape index (κ2) is 4.82. The predicted octanol–water partition coefficient (Wildman–Crippen LogP) is 2.71. The minimum atomic E-state index is 0.111. The summed E-state index contributed by atoms with van der Waals surface area (Å²) in [5.41, 5.74) is 5.88. The standard InChI is InChI=1S/C12H21N3S/c1-8(2)15-6-4-5-10(15)12-14-7-11(16-12)9(3)13/h7-10H,4-6,13H2,1-3H3. The quantitative estimate of drug-likeness (QED) is 0.882. The fourth-order valence-electron chi connectivity index (χ4n) is 2.34. The molecule has 1 fully saturated rings. The van der Waals surface area contributed by atoms with Gasteiger partial charge in [-0.05, 0) is 40.2 Å². The van der Waals surface area contributed by atoms with Gasteiger partial charge in [0.1, 0.15) is 5.01 Å². The van der Waals surface area contributed by atoms with Crippen LogP contribution in [0.4, 0.5) is 0 Å². The number of nitrogens with zero attached hydrogens (tertiary/aromatic N) is 2. The fourth-order valence-corrected chi connectivity index (χ4v) is 3.37. The van der Waals surface area contributed by atoms with Crippen LogP contribution in [0.5, 0.6) is 0 Å². The Hall–Kier alpha value is -0.450. The third-order valence-corrected chi connectivity index (χ3v) is 4.53. The Bertz CT molecular complexity index is 346. The molecular weight excluding hydrogens is 218 g/mol. The first-order valence-corrected chi connectivity index (χ1v) is 6.88. The van der Waals surface area contributed by atoms with Crippen LogP contribution in [0, 0.1) is 0 Å². The number of aromatic nitrogens is 1. The van der Waals surface area contributed by atoms with E-state index in [1.807, 2.05) is 13.1 Å². The highest BCUT2D eigenvalue weighted by molar-refractivity contribution is 7.11. The first-order valence-electron chi connectivity index (χ1n) is 6.06. The lowest BCUT2D eigenvalue weighted by molar-refractivity contribution is 0.205. The molecule has 0 aromatic carbocycles. The molecular formula is C12H21N3S. The average molecular weight is 239 g/mol. The van der Waals surface area contributed by atoms with Crippen molar-refractivity contribution in [2.45, 2.75) is 51.7 Å². The van der Waals surface area contributed by atoms with Gasteiger partial charge in [-0.15, -0.1) is 11.3 Å². The number of likely N-dealkylation sites (tertiary alicyclic amines) is 1. The molecule has 90 valence electrons. The third kappa shape index (κ3) is 2.29. The topological polar surface area (TPSA) is 42.1 Å². The van der Waals surface area contributed by atoms with Crippen LogP contribution < -0.4 is 5.73 Å². The molecule has 0 spiro atoms. The number of hydrogen-bond acceptors (Lipinski definition) is 4. The molecule has 0 amide bonds. The summed E-state index contributed by atoms with van der Waals surface area (Å²) in [5.74, 6) is 0. The van der Waals surface area contributed by atoms with E-state index in [0.717, 1.165) is 0 Å². The first-order chi connectivity index (χ1) is 7.59. The highest BCUT2D eigenvalue weighted by Crippen LogP contribution is 2.36. The van der Waals surface area contributed by atoms with Crippen LogP contribution in [0.1, 0.15) is 55.6 Å². The van der Waals surface area contributed by atoms with Gasteiger partial charge in [0.25, 0.3) is 0 Å². The average Bonchev–Trinajstić information content (AvgIpc) is 2.86. The third-order valence-electron chi connectivity index (χ3n) is 3.23. The van der Waals surface area contributed by atoms with Gasteiger partial charge in [0.15, 0.2) is 0 Å². The molecule has 4 heteroatoms. The molecule has 16 heavy (non-hydrogen) atoms. The highest BCUT2D eigenvalue weighted by atomic mass is 32.1. The molecule has 0 aliphatic carbocycles. The molecule has 0 saturated carbocycles. The van der Waals surface area contributed by atoms with Gasteiger partial charge in [-0.25, -0.2) is 4.98 Å². The summed E-state index contributed by atoms with van der Waals surface area (Å²) in [6.45, 7) is 7.75. The van der Waals surface area contributed by atoms with Gasteiger partial charge in [-0.3, -0.25) is 4.90 Å². The Kier molecular flexibility index (Phi) is 3.62. The van der Waals surface area contributed by atoms with E-state index in [1.165, 1.54) is 29.3 Å². The molecule has 2 unspecified atom stereocenters. The van der Waals surface area contributed by atoms with Gasteiger partial charge < -0.3 is 5.73 Å². The van der Waals surface area contributed by atoms with E-state index in [4.69, 9.17) is 5.73 Å². The van der Waals surface area contributed by atoms with E-state index in [0.29, 0.717) is 12.1 Å². The molecule has 2 heterocycles. The van der Waals surface area contributed by atoms with E-state index in [-0.39, 0.29) is 6.04 Å². The monoisotopic (exact) mass is 239 g/mol. The zero-order valence-corrected chi connectivity index (χ0v) is 11.1. The molecule has 3 nitrogen and oxygen atoms in total. The number of thiazole rings is 1. The summed E-state index contributed by atoms with van der Waals surface area (Å²) in [6, 6.07) is 1.24. The van der Waals surface area contributed by atoms with Gasteiger partial charge in [0.05, 0.1) is 6.04 Å². The zero-order chi connectivity index (χ0) is 11.7. The van der Waals surface area contributed by atoms with Crippen molar-refractivity contribution in [2.75, 3.05) is 6.54 Å². The number of hydrogen-bond donors (Lipinski definition) is 1. The van der Waals surface area contributed by atoms with Crippen LogP contribution in [-0.4, -0.2) is 22.5 Å². The van der Waals surface area contributed by atoms with Crippen LogP contribution in [0.3, 0.4) is 0 Å². The second-order valence-corrected chi connectivity index (χ2v) is 5.97. The molecule has 1 aromatic heterocycles. The van der Waals surface area contributed by atoms with Crippen molar-refractivity contribution in [1.29, 1.82) is 0 Å². The van der Waals surface area contributed by atoms with Crippen LogP contribution in [-0.2, 0) is 0 Å². The van der Waals surface area contributed by atoms with Gasteiger partial charge in [0, 0.05) is 23.2 Å². The summed E-state index contributed by atoms with van der Waals surface area (Å²) < 4.78 is 0. The van der Waals surface area contributed by atoms with Crippen molar-refractivity contribution >= 4 is 11.3 Å². The Balaban J connectivity index is 2.16. The van der Waals surface area contributed by atoms with E-state index in [9.17, 15) is 0 Å². The van der Waals surface area contributed by atoms with Gasteiger partial charge in [0.2, 0.25) is 0 Å². The molecule has 0 radical (unpaired) electrons. The maximum absolute atomic E-state index is 5.88. The summed E-state index contributed by atoms with van der Waals surface area (Å²) in [7, 11) is 0. The number of rotatable bonds is 3. The molecule has 1 aromatic rings. The maximum atomic E-state index is 5.88. The Morgan fingerprint density at radius 3 is 2.81 bits per heavy atom. The van der Waals surface area contributed by atoms with Crippen molar-refractivity contribution in [2.24, 2.45) is 5.73 Å². The van der Waals surface area contributed by atoms with Crippen molar-refractivity contribution < 1.29 is 0 Å². The Morgan fingerprint density at radius 2 is 2.25 bits per heavy atom. The molecule has 2 N–H and O–H groups in total. The van der Waals surface area contributed by atoms with Gasteiger partial charge >= 0.3 is 0 Å². The van der Waals surface area contributed by atoms with Crippen LogP contribution in [0.2, 0.25) is 0 Å². The van der Waals surface area contributed by atoms with Crippen LogP contribution >= 0.6 is 11.3 Å². The van der Waals surface area contributed by atoms with E-state index in [2.05, 4.69) is 23.7 Å². The Labute approximate surface area is 102 Å². The minimum absolute atomic E-state index is 0.111. The molecule has 1 aliphatic heterocycles. The fraction of sp³-hybridized carbons (Fsp3) is 0.750. The zero-order valence-electron chi connectivity index (χ0n) is 10.3. The summed E-state index contributed by atoms with van der Waals surface area (Å²) >= 11 is 1.78. The number of nitrogens with two attached hydrogens (primary N) is 1. The second-order valence-electron chi connectivity index (χ2n) is 4.88. The SMILES string of the molecule is CC(N)c1cnc(C2CCCN2C(C)C)s1. The Morgan fingerprint density at radius 1 is 1.50 bits per heavy atom. The van der Waals surface area contributed by atoms with Gasteiger partial charge in [-0.1, -0.05) is 0 Å². The summed E-state index contributed by atoms with van der Waals surface area (Å²) in [5, 5.41) is 1.25. The lowest BCUT2D eigenvalue weighted by Crippen LogP contribution is -2.30. The lowest BCUT2D eigenvalue weighted by atomic mass is 10.2. The van der Waals surface area contributed by atoms with Gasteiger partial charge in [-0.2, -0.15) is 0 Å². The smallest absolute Gasteiger partial charge is 0.110 e. The largest absolute Gasteiger partial charge is 0.323 e. The maximum Gasteiger partial charge on any atom is 0.110 e. The normalized spacial score (nSPS) is 24.2. The van der Waals surface area contributed by atoms with E-state index in [1.54, 1.807) is 11.3 Å². The van der Waals surface area contributed by atoms with E-state index < -0.39 is 0 Å². The molecule has 1 saturated heterocycles. The van der Waals surface area contributed by atoms with Crippen molar-refractivity contribution in [3.8, 4) is 0 Å². The van der Waals surface area contributed by atoms with E-state index >= 15 is 0 Å². The summed E-state index contributed by atoms with van der Waals surface area (Å²) in [4.78, 5) is 8.29. The first kappa shape index (κ1) is 12.0. The van der Waals surface area contributed by atoms with Crippen molar-refractivity contribution in [3.63, 3.8) is 0 Å². The molecule has 2 rings (SSSR count).